The normalized spacial score (nSPS) is 11.2. The second-order valence-electron chi connectivity index (χ2n) is 7.25. The van der Waals surface area contributed by atoms with Gasteiger partial charge < -0.3 is 9.80 Å². The third-order valence-corrected chi connectivity index (χ3v) is 5.14. The van der Waals surface area contributed by atoms with E-state index in [9.17, 15) is 19.2 Å². The van der Waals surface area contributed by atoms with E-state index in [4.69, 9.17) is 0 Å². The van der Waals surface area contributed by atoms with Crippen molar-refractivity contribution in [3.63, 3.8) is 0 Å². The fraction of sp³-hybridized carbons (Fsp3) is 0.818. The Balaban J connectivity index is 4.75. The fourth-order valence-electron chi connectivity index (χ4n) is 2.79. The number of ketones is 4. The van der Waals surface area contributed by atoms with Crippen LogP contribution in [-0.4, -0.2) is 72.2 Å². The smallest absolute Gasteiger partial charge is 0.133 e. The van der Waals surface area contributed by atoms with Crippen LogP contribution in [-0.2, 0) is 19.2 Å². The van der Waals surface area contributed by atoms with Crippen molar-refractivity contribution >= 4 is 23.1 Å². The first-order valence-electron chi connectivity index (χ1n) is 10.9. The largest absolute Gasteiger partial charge is 0.301 e. The lowest BCUT2D eigenvalue weighted by molar-refractivity contribution is -0.121. The predicted molar refractivity (Wildman–Crippen MR) is 113 cm³/mol. The summed E-state index contributed by atoms with van der Waals surface area (Å²) < 4.78 is 0. The van der Waals surface area contributed by atoms with E-state index in [0.29, 0.717) is 77.5 Å². The van der Waals surface area contributed by atoms with Crippen LogP contribution in [0.1, 0.15) is 79.1 Å². The van der Waals surface area contributed by atoms with Crippen LogP contribution in [0.15, 0.2) is 0 Å². The summed E-state index contributed by atoms with van der Waals surface area (Å²) >= 11 is 0. The lowest BCUT2D eigenvalue weighted by atomic mass is 10.1. The first-order valence-corrected chi connectivity index (χ1v) is 10.9. The maximum Gasteiger partial charge on any atom is 0.133 e. The van der Waals surface area contributed by atoms with Crippen molar-refractivity contribution in [3.8, 4) is 0 Å². The van der Waals surface area contributed by atoms with Crippen molar-refractivity contribution in [2.24, 2.45) is 0 Å². The number of hydrogen-bond donors (Lipinski definition) is 0. The number of carbonyl (C=O) groups excluding carboxylic acids is 4. The van der Waals surface area contributed by atoms with Crippen LogP contribution in [0.25, 0.3) is 0 Å². The zero-order chi connectivity index (χ0) is 21.4. The van der Waals surface area contributed by atoms with Gasteiger partial charge in [0, 0.05) is 90.6 Å². The molecule has 0 aliphatic rings. The van der Waals surface area contributed by atoms with Gasteiger partial charge in [-0.1, -0.05) is 27.7 Å². The van der Waals surface area contributed by atoms with Crippen molar-refractivity contribution in [3.05, 3.63) is 0 Å². The van der Waals surface area contributed by atoms with Crippen molar-refractivity contribution in [1.82, 2.24) is 9.80 Å². The van der Waals surface area contributed by atoms with Crippen molar-refractivity contribution in [1.29, 1.82) is 0 Å². The summed E-state index contributed by atoms with van der Waals surface area (Å²) in [5.41, 5.74) is 0. The highest BCUT2D eigenvalue weighted by atomic mass is 16.1. The topological polar surface area (TPSA) is 74.8 Å². The van der Waals surface area contributed by atoms with Gasteiger partial charge in [-0.25, -0.2) is 0 Å². The standard InChI is InChI=1S/C22H40N2O4/c1-5-19(25)9-13-23(14-10-20(26)6-2)17-18-24(15-11-21(27)7-3)16-12-22(28)8-4/h5-18H2,1-4H3. The summed E-state index contributed by atoms with van der Waals surface area (Å²) in [5, 5.41) is 0. The van der Waals surface area contributed by atoms with Gasteiger partial charge in [-0.05, 0) is 0 Å². The van der Waals surface area contributed by atoms with Gasteiger partial charge in [0.2, 0.25) is 0 Å². The molecule has 28 heavy (non-hydrogen) atoms. The third-order valence-electron chi connectivity index (χ3n) is 5.14. The van der Waals surface area contributed by atoms with E-state index in [0.717, 1.165) is 13.1 Å². The fourth-order valence-corrected chi connectivity index (χ4v) is 2.79. The van der Waals surface area contributed by atoms with Gasteiger partial charge in [-0.2, -0.15) is 0 Å². The van der Waals surface area contributed by atoms with E-state index >= 15 is 0 Å². The lowest BCUT2D eigenvalue weighted by Gasteiger charge is -2.27. The highest BCUT2D eigenvalue weighted by Crippen LogP contribution is 2.04. The molecule has 0 aliphatic carbocycles. The zero-order valence-corrected chi connectivity index (χ0v) is 18.4. The van der Waals surface area contributed by atoms with E-state index in [1.807, 2.05) is 27.7 Å². The molecule has 0 aromatic heterocycles. The number of nitrogens with zero attached hydrogens (tertiary/aromatic N) is 2. The molecular weight excluding hydrogens is 356 g/mol. The predicted octanol–water partition coefficient (Wildman–Crippen LogP) is 3.07. The van der Waals surface area contributed by atoms with E-state index in [1.54, 1.807) is 0 Å². The van der Waals surface area contributed by atoms with Crippen LogP contribution < -0.4 is 0 Å². The van der Waals surface area contributed by atoms with E-state index in [-0.39, 0.29) is 23.1 Å². The van der Waals surface area contributed by atoms with Crippen LogP contribution >= 0.6 is 0 Å². The lowest BCUT2D eigenvalue weighted by Crippen LogP contribution is -2.39. The molecule has 0 bridgehead atoms. The number of rotatable bonds is 19. The Bertz CT molecular complexity index is 407. The molecule has 0 rings (SSSR count). The molecule has 0 radical (unpaired) electrons. The second kappa shape index (κ2) is 16.5. The molecule has 0 aromatic carbocycles. The van der Waals surface area contributed by atoms with Crippen LogP contribution in [0, 0.1) is 0 Å². The van der Waals surface area contributed by atoms with Gasteiger partial charge >= 0.3 is 0 Å². The molecule has 0 heterocycles. The molecule has 0 amide bonds. The van der Waals surface area contributed by atoms with Crippen molar-refractivity contribution in [2.45, 2.75) is 79.1 Å². The Hall–Kier alpha value is -1.40. The van der Waals surface area contributed by atoms with E-state index in [1.165, 1.54) is 0 Å². The minimum Gasteiger partial charge on any atom is -0.301 e. The Morgan fingerprint density at radius 1 is 0.429 bits per heavy atom. The molecule has 0 aliphatic heterocycles. The summed E-state index contributed by atoms with van der Waals surface area (Å²) in [6, 6.07) is 0. The Morgan fingerprint density at radius 3 is 0.821 bits per heavy atom. The van der Waals surface area contributed by atoms with Crippen LogP contribution in [0.5, 0.6) is 0 Å². The quantitative estimate of drug-likeness (QED) is 0.334. The molecule has 0 spiro atoms. The van der Waals surface area contributed by atoms with Gasteiger partial charge in [0.25, 0.3) is 0 Å². The van der Waals surface area contributed by atoms with Gasteiger partial charge in [0.1, 0.15) is 23.1 Å². The third kappa shape index (κ3) is 13.7. The van der Waals surface area contributed by atoms with Crippen LogP contribution in [0.3, 0.4) is 0 Å². The first-order chi connectivity index (χ1) is 13.4. The highest BCUT2D eigenvalue weighted by molar-refractivity contribution is 5.79. The Kier molecular flexibility index (Phi) is 15.7. The number of carbonyl (C=O) groups is 4. The van der Waals surface area contributed by atoms with Crippen LogP contribution in [0.4, 0.5) is 0 Å². The molecule has 162 valence electrons. The van der Waals surface area contributed by atoms with E-state index in [2.05, 4.69) is 9.80 Å². The van der Waals surface area contributed by atoms with Gasteiger partial charge in [-0.3, -0.25) is 19.2 Å². The van der Waals surface area contributed by atoms with E-state index < -0.39 is 0 Å². The number of hydrogen-bond acceptors (Lipinski definition) is 6. The molecule has 0 fully saturated rings. The monoisotopic (exact) mass is 396 g/mol. The molecule has 0 unspecified atom stereocenters. The summed E-state index contributed by atoms with van der Waals surface area (Å²) in [6.45, 7) is 11.5. The minimum atomic E-state index is 0.228. The molecule has 0 aromatic rings. The molecule has 6 nitrogen and oxygen atoms in total. The molecule has 0 saturated heterocycles. The van der Waals surface area contributed by atoms with Crippen molar-refractivity contribution in [2.75, 3.05) is 39.3 Å². The zero-order valence-electron chi connectivity index (χ0n) is 18.4. The molecular formula is C22H40N2O4. The average Bonchev–Trinajstić information content (AvgIpc) is 2.72. The Labute approximate surface area is 171 Å². The van der Waals surface area contributed by atoms with Gasteiger partial charge in [0.05, 0.1) is 0 Å². The summed E-state index contributed by atoms with van der Waals surface area (Å²) in [5.74, 6) is 0.910. The summed E-state index contributed by atoms with van der Waals surface area (Å²) in [7, 11) is 0. The highest BCUT2D eigenvalue weighted by Gasteiger charge is 2.14. The molecule has 0 N–H and O–H groups in total. The molecule has 0 atom stereocenters. The molecule has 0 saturated carbocycles. The maximum absolute atomic E-state index is 11.7. The average molecular weight is 397 g/mol. The first kappa shape index (κ1) is 26.6. The summed E-state index contributed by atoms with van der Waals surface area (Å²) in [6.07, 6.45) is 4.13. The van der Waals surface area contributed by atoms with Gasteiger partial charge in [-0.15, -0.1) is 0 Å². The Morgan fingerprint density at radius 2 is 0.643 bits per heavy atom. The maximum atomic E-state index is 11.7. The van der Waals surface area contributed by atoms with Gasteiger partial charge in [0.15, 0.2) is 0 Å². The SMILES string of the molecule is CCC(=O)CCN(CCC(=O)CC)CCN(CCC(=O)CC)CCC(=O)CC. The second-order valence-corrected chi connectivity index (χ2v) is 7.25. The molecule has 6 heteroatoms. The van der Waals surface area contributed by atoms with Crippen LogP contribution in [0.2, 0.25) is 0 Å². The van der Waals surface area contributed by atoms with Crippen molar-refractivity contribution < 1.29 is 19.2 Å². The minimum absolute atomic E-state index is 0.228. The summed E-state index contributed by atoms with van der Waals surface area (Å²) in [4.78, 5) is 51.1. The number of Topliss-reactive ketones (excluding diaryl/α,β-unsaturated/α-hetero) is 4.